The molecular formula is C21H30ClN3O2. The average Bonchev–Trinajstić information content (AvgIpc) is 2.65. The number of anilines is 1. The molecule has 0 spiro atoms. The molecule has 6 heteroatoms. The Labute approximate surface area is 167 Å². The Morgan fingerprint density at radius 2 is 2.07 bits per heavy atom. The number of carbonyl (C=O) groups excluding carboxylic acids is 2. The summed E-state index contributed by atoms with van der Waals surface area (Å²) in [6, 6.07) is 5.78. The molecule has 1 unspecified atom stereocenters. The van der Waals surface area contributed by atoms with Crippen LogP contribution in [0.5, 0.6) is 0 Å². The van der Waals surface area contributed by atoms with E-state index in [1.54, 1.807) is 0 Å². The van der Waals surface area contributed by atoms with Gasteiger partial charge in [0.1, 0.15) is 0 Å². The Hall–Kier alpha value is -1.75. The molecule has 0 bridgehead atoms. The first kappa shape index (κ1) is 20.0. The minimum Gasteiger partial charge on any atom is -0.338 e. The van der Waals surface area contributed by atoms with Crippen LogP contribution in [0.25, 0.3) is 0 Å². The van der Waals surface area contributed by atoms with Crippen LogP contribution in [0.1, 0.15) is 45.1 Å². The summed E-state index contributed by atoms with van der Waals surface area (Å²) < 4.78 is 0. The monoisotopic (exact) mass is 391 g/mol. The van der Waals surface area contributed by atoms with Gasteiger partial charge < -0.3 is 15.1 Å². The Morgan fingerprint density at radius 3 is 2.85 bits per heavy atom. The van der Waals surface area contributed by atoms with Crippen LogP contribution in [0, 0.1) is 11.8 Å². The van der Waals surface area contributed by atoms with E-state index >= 15 is 0 Å². The fraction of sp³-hybridized carbons (Fsp3) is 0.619. The number of amides is 3. The standard InChI is InChI=1S/C21H30ClN3O2/c1-15(2)13-23-21(27)24-9-3-5-16(14-24)11-20(26)25-10-4-6-17-12-18(22)7-8-19(17)25/h7-8,12,15-16H,3-6,9-11,13-14H2,1-2H3,(H,23,27). The number of hydrogen-bond acceptors (Lipinski definition) is 2. The van der Waals surface area contributed by atoms with Crippen LogP contribution in [0.4, 0.5) is 10.5 Å². The lowest BCUT2D eigenvalue weighted by Gasteiger charge is -2.35. The number of urea groups is 1. The Balaban J connectivity index is 1.59. The number of rotatable bonds is 4. The zero-order valence-corrected chi connectivity index (χ0v) is 17.1. The van der Waals surface area contributed by atoms with Gasteiger partial charge >= 0.3 is 6.03 Å². The first-order valence-corrected chi connectivity index (χ1v) is 10.4. The maximum absolute atomic E-state index is 13.0. The SMILES string of the molecule is CC(C)CNC(=O)N1CCCC(CC(=O)N2CCCc3cc(Cl)ccc32)C1. The van der Waals surface area contributed by atoms with Gasteiger partial charge in [-0.25, -0.2) is 4.79 Å². The molecule has 1 atom stereocenters. The molecule has 1 N–H and O–H groups in total. The van der Waals surface area contributed by atoms with Gasteiger partial charge in [-0.1, -0.05) is 25.4 Å². The van der Waals surface area contributed by atoms with Crippen molar-refractivity contribution < 1.29 is 9.59 Å². The first-order valence-electron chi connectivity index (χ1n) is 10.1. The van der Waals surface area contributed by atoms with Gasteiger partial charge in [-0.15, -0.1) is 0 Å². The smallest absolute Gasteiger partial charge is 0.317 e. The Bertz CT molecular complexity index is 692. The van der Waals surface area contributed by atoms with Gasteiger partial charge in [0.15, 0.2) is 0 Å². The lowest BCUT2D eigenvalue weighted by atomic mass is 9.93. The van der Waals surface area contributed by atoms with Gasteiger partial charge in [-0.2, -0.15) is 0 Å². The molecule has 0 aliphatic carbocycles. The lowest BCUT2D eigenvalue weighted by Crippen LogP contribution is -2.47. The quantitative estimate of drug-likeness (QED) is 0.840. The van der Waals surface area contributed by atoms with Crippen molar-refractivity contribution in [2.45, 2.75) is 46.0 Å². The molecule has 1 aromatic rings. The molecule has 3 amide bonds. The molecule has 0 radical (unpaired) electrons. The molecule has 3 rings (SSSR count). The van der Waals surface area contributed by atoms with E-state index < -0.39 is 0 Å². The van der Waals surface area contributed by atoms with Gasteiger partial charge in [0, 0.05) is 43.3 Å². The van der Waals surface area contributed by atoms with Crippen molar-refractivity contribution >= 4 is 29.2 Å². The highest BCUT2D eigenvalue weighted by molar-refractivity contribution is 6.30. The van der Waals surface area contributed by atoms with E-state index in [0.717, 1.165) is 55.0 Å². The van der Waals surface area contributed by atoms with E-state index in [9.17, 15) is 9.59 Å². The zero-order valence-electron chi connectivity index (χ0n) is 16.3. The number of aryl methyl sites for hydroxylation is 1. The maximum atomic E-state index is 13.0. The summed E-state index contributed by atoms with van der Waals surface area (Å²) in [7, 11) is 0. The molecular weight excluding hydrogens is 362 g/mol. The number of likely N-dealkylation sites (tertiary alicyclic amines) is 1. The first-order chi connectivity index (χ1) is 12.9. The highest BCUT2D eigenvalue weighted by Gasteiger charge is 2.29. The van der Waals surface area contributed by atoms with E-state index in [0.29, 0.717) is 25.4 Å². The van der Waals surface area contributed by atoms with Crippen molar-refractivity contribution in [3.63, 3.8) is 0 Å². The molecule has 1 saturated heterocycles. The van der Waals surface area contributed by atoms with Gasteiger partial charge in [0.25, 0.3) is 0 Å². The van der Waals surface area contributed by atoms with E-state index in [1.807, 2.05) is 28.0 Å². The predicted octanol–water partition coefficient (Wildman–Crippen LogP) is 4.09. The van der Waals surface area contributed by atoms with Crippen molar-refractivity contribution in [3.8, 4) is 0 Å². The van der Waals surface area contributed by atoms with Crippen molar-refractivity contribution in [2.24, 2.45) is 11.8 Å². The van der Waals surface area contributed by atoms with Crippen molar-refractivity contribution in [3.05, 3.63) is 28.8 Å². The van der Waals surface area contributed by atoms with E-state index in [2.05, 4.69) is 19.2 Å². The molecule has 1 aromatic carbocycles. The van der Waals surface area contributed by atoms with Gasteiger partial charge in [-0.3, -0.25) is 4.79 Å². The molecule has 2 aliphatic heterocycles. The van der Waals surface area contributed by atoms with Gasteiger partial charge in [0.2, 0.25) is 5.91 Å². The van der Waals surface area contributed by atoms with E-state index in [1.165, 1.54) is 0 Å². The van der Waals surface area contributed by atoms with Crippen LogP contribution in [-0.4, -0.2) is 43.0 Å². The summed E-state index contributed by atoms with van der Waals surface area (Å²) in [6.45, 7) is 7.06. The van der Waals surface area contributed by atoms with Crippen molar-refractivity contribution in [2.75, 3.05) is 31.1 Å². The predicted molar refractivity (Wildman–Crippen MR) is 109 cm³/mol. The van der Waals surface area contributed by atoms with Crippen LogP contribution < -0.4 is 10.2 Å². The second-order valence-corrected chi connectivity index (χ2v) is 8.60. The number of nitrogens with zero attached hydrogens (tertiary/aromatic N) is 2. The molecule has 0 saturated carbocycles. The summed E-state index contributed by atoms with van der Waals surface area (Å²) in [5.41, 5.74) is 2.15. The minimum atomic E-state index is -0.00110. The molecule has 0 aromatic heterocycles. The number of benzene rings is 1. The molecule has 27 heavy (non-hydrogen) atoms. The average molecular weight is 392 g/mol. The summed E-state index contributed by atoms with van der Waals surface area (Å²) in [4.78, 5) is 29.1. The molecule has 1 fully saturated rings. The van der Waals surface area contributed by atoms with E-state index in [4.69, 9.17) is 11.6 Å². The third-order valence-electron chi connectivity index (χ3n) is 5.39. The summed E-state index contributed by atoms with van der Waals surface area (Å²) in [5.74, 6) is 0.824. The molecule has 148 valence electrons. The van der Waals surface area contributed by atoms with Crippen LogP contribution in [-0.2, 0) is 11.2 Å². The highest BCUT2D eigenvalue weighted by atomic mass is 35.5. The highest BCUT2D eigenvalue weighted by Crippen LogP contribution is 2.31. The number of piperidine rings is 1. The molecule has 5 nitrogen and oxygen atoms in total. The number of halogens is 1. The van der Waals surface area contributed by atoms with Gasteiger partial charge in [0.05, 0.1) is 0 Å². The zero-order chi connectivity index (χ0) is 19.4. The Morgan fingerprint density at radius 1 is 1.26 bits per heavy atom. The number of nitrogens with one attached hydrogen (secondary N) is 1. The normalized spacial score (nSPS) is 19.8. The van der Waals surface area contributed by atoms with Crippen molar-refractivity contribution in [1.82, 2.24) is 10.2 Å². The third kappa shape index (κ3) is 5.16. The third-order valence-corrected chi connectivity index (χ3v) is 5.63. The van der Waals surface area contributed by atoms with Crippen LogP contribution in [0.15, 0.2) is 18.2 Å². The number of hydrogen-bond donors (Lipinski definition) is 1. The topological polar surface area (TPSA) is 52.7 Å². The van der Waals surface area contributed by atoms with Crippen LogP contribution >= 0.6 is 11.6 Å². The second-order valence-electron chi connectivity index (χ2n) is 8.16. The maximum Gasteiger partial charge on any atom is 0.317 e. The van der Waals surface area contributed by atoms with Gasteiger partial charge in [-0.05, 0) is 61.3 Å². The lowest BCUT2D eigenvalue weighted by molar-refractivity contribution is -0.119. The number of fused-ring (bicyclic) bond motifs is 1. The summed E-state index contributed by atoms with van der Waals surface area (Å²) in [5, 5.41) is 3.71. The van der Waals surface area contributed by atoms with Crippen LogP contribution in [0.3, 0.4) is 0 Å². The summed E-state index contributed by atoms with van der Waals surface area (Å²) >= 11 is 6.10. The summed E-state index contributed by atoms with van der Waals surface area (Å²) in [6.07, 6.45) is 4.39. The number of carbonyl (C=O) groups is 2. The second kappa shape index (κ2) is 8.96. The largest absolute Gasteiger partial charge is 0.338 e. The molecule has 2 heterocycles. The molecule has 2 aliphatic rings. The van der Waals surface area contributed by atoms with Crippen molar-refractivity contribution in [1.29, 1.82) is 0 Å². The fourth-order valence-electron chi connectivity index (χ4n) is 4.00. The fourth-order valence-corrected chi connectivity index (χ4v) is 4.20. The minimum absolute atomic E-state index is 0.00110. The van der Waals surface area contributed by atoms with Crippen LogP contribution in [0.2, 0.25) is 5.02 Å². The Kier molecular flexibility index (Phi) is 6.64. The van der Waals surface area contributed by atoms with E-state index in [-0.39, 0.29) is 17.9 Å².